The average molecular weight is 475 g/mol. The van der Waals surface area contributed by atoms with E-state index in [0.29, 0.717) is 5.11 Å². The fourth-order valence-electron chi connectivity index (χ4n) is 3.92. The fraction of sp³-hybridized carbons (Fsp3) is 0.0833. The highest BCUT2D eigenvalue weighted by Gasteiger charge is 2.41. The molecule has 0 bridgehead atoms. The van der Waals surface area contributed by atoms with Gasteiger partial charge >= 0.3 is 0 Å². The second-order valence-electron chi connectivity index (χ2n) is 7.16. The Bertz CT molecular complexity index is 1160. The largest absolute Gasteiger partial charge is 0.351 e. The van der Waals surface area contributed by atoms with Crippen LogP contribution in [0.1, 0.15) is 23.3 Å². The summed E-state index contributed by atoms with van der Waals surface area (Å²) in [5.74, 6) is 0. The van der Waals surface area contributed by atoms with Crippen LogP contribution in [0, 0.1) is 0 Å². The summed E-state index contributed by atoms with van der Waals surface area (Å²) in [5, 5.41) is 4.20. The van der Waals surface area contributed by atoms with E-state index in [1.54, 1.807) is 0 Å². The zero-order chi connectivity index (χ0) is 20.5. The molecule has 0 amide bonds. The summed E-state index contributed by atoms with van der Waals surface area (Å²) in [7, 11) is 0. The maximum atomic E-state index is 5.78. The minimum Gasteiger partial charge on any atom is -0.351 e. The van der Waals surface area contributed by atoms with E-state index in [1.165, 1.54) is 5.56 Å². The molecule has 3 heterocycles. The van der Waals surface area contributed by atoms with Crippen molar-refractivity contribution in [2.75, 3.05) is 4.90 Å². The molecule has 0 saturated carbocycles. The molecule has 1 N–H and O–H groups in total. The van der Waals surface area contributed by atoms with Crippen LogP contribution >= 0.6 is 28.1 Å². The first kappa shape index (κ1) is 19.0. The molecule has 2 atom stereocenters. The Labute approximate surface area is 189 Å². The van der Waals surface area contributed by atoms with Crippen molar-refractivity contribution in [2.24, 2.45) is 0 Å². The number of anilines is 1. The van der Waals surface area contributed by atoms with Gasteiger partial charge in [-0.3, -0.25) is 4.98 Å². The van der Waals surface area contributed by atoms with Crippen molar-refractivity contribution in [3.8, 4) is 5.69 Å². The van der Waals surface area contributed by atoms with Crippen molar-refractivity contribution in [1.82, 2.24) is 14.9 Å². The van der Waals surface area contributed by atoms with Crippen LogP contribution in [0.15, 0.2) is 102 Å². The highest BCUT2D eigenvalue weighted by molar-refractivity contribution is 9.10. The Morgan fingerprint density at radius 3 is 2.37 bits per heavy atom. The molecular formula is C24H19BrN4S. The van der Waals surface area contributed by atoms with Crippen LogP contribution in [0.3, 0.4) is 0 Å². The Morgan fingerprint density at radius 2 is 1.63 bits per heavy atom. The van der Waals surface area contributed by atoms with Crippen molar-refractivity contribution >= 4 is 38.9 Å². The Morgan fingerprint density at radius 1 is 0.867 bits per heavy atom. The third-order valence-electron chi connectivity index (χ3n) is 5.31. The number of para-hydroxylation sites is 1. The number of pyridine rings is 1. The molecule has 0 spiro atoms. The highest BCUT2D eigenvalue weighted by atomic mass is 79.9. The molecule has 1 aliphatic heterocycles. The number of rotatable bonds is 4. The van der Waals surface area contributed by atoms with Gasteiger partial charge in [-0.15, -0.1) is 0 Å². The number of hydrogen-bond donors (Lipinski definition) is 1. The van der Waals surface area contributed by atoms with Gasteiger partial charge in [-0.25, -0.2) is 0 Å². The fourth-order valence-corrected chi connectivity index (χ4v) is 4.53. The predicted octanol–water partition coefficient (Wildman–Crippen LogP) is 5.81. The lowest BCUT2D eigenvalue weighted by Crippen LogP contribution is -2.29. The minimum absolute atomic E-state index is 0.0152. The number of halogens is 1. The maximum absolute atomic E-state index is 5.78. The molecule has 5 rings (SSSR count). The van der Waals surface area contributed by atoms with Crippen LogP contribution in [0.2, 0.25) is 0 Å². The number of hydrogen-bond acceptors (Lipinski definition) is 2. The molecule has 0 aliphatic carbocycles. The van der Waals surface area contributed by atoms with Crippen LogP contribution in [-0.2, 0) is 0 Å². The second-order valence-corrected chi connectivity index (χ2v) is 8.46. The van der Waals surface area contributed by atoms with Crippen LogP contribution in [0.4, 0.5) is 5.69 Å². The summed E-state index contributed by atoms with van der Waals surface area (Å²) >= 11 is 9.30. The van der Waals surface area contributed by atoms with Crippen molar-refractivity contribution in [3.63, 3.8) is 0 Å². The summed E-state index contributed by atoms with van der Waals surface area (Å²) in [4.78, 5) is 6.80. The molecule has 4 aromatic rings. The van der Waals surface area contributed by atoms with Crippen LogP contribution < -0.4 is 10.2 Å². The number of aromatic nitrogens is 2. The zero-order valence-corrected chi connectivity index (χ0v) is 18.4. The van der Waals surface area contributed by atoms with Gasteiger partial charge in [-0.2, -0.15) is 0 Å². The monoisotopic (exact) mass is 474 g/mol. The smallest absolute Gasteiger partial charge is 0.174 e. The van der Waals surface area contributed by atoms with Crippen LogP contribution in [0.25, 0.3) is 5.69 Å². The van der Waals surface area contributed by atoms with E-state index >= 15 is 0 Å². The molecule has 30 heavy (non-hydrogen) atoms. The normalized spacial score (nSPS) is 18.4. The van der Waals surface area contributed by atoms with E-state index in [-0.39, 0.29) is 12.1 Å². The first-order valence-electron chi connectivity index (χ1n) is 9.70. The molecule has 148 valence electrons. The number of nitrogens with zero attached hydrogens (tertiary/aromatic N) is 3. The van der Waals surface area contributed by atoms with Gasteiger partial charge in [-0.1, -0.05) is 40.2 Å². The van der Waals surface area contributed by atoms with Gasteiger partial charge in [0.15, 0.2) is 5.11 Å². The van der Waals surface area contributed by atoms with Crippen molar-refractivity contribution in [1.29, 1.82) is 0 Å². The number of benzene rings is 2. The highest BCUT2D eigenvalue weighted by Crippen LogP contribution is 2.41. The number of nitrogens with one attached hydrogen (secondary N) is 1. The third kappa shape index (κ3) is 3.53. The molecule has 2 aromatic heterocycles. The van der Waals surface area contributed by atoms with Gasteiger partial charge in [0.25, 0.3) is 0 Å². The molecule has 1 aliphatic rings. The first-order valence-corrected chi connectivity index (χ1v) is 10.9. The molecule has 1 fully saturated rings. The van der Waals surface area contributed by atoms with E-state index in [1.807, 2.05) is 54.7 Å². The zero-order valence-electron chi connectivity index (χ0n) is 16.0. The number of thiocarbonyl (C=S) groups is 1. The van der Waals surface area contributed by atoms with Gasteiger partial charge in [0.05, 0.1) is 17.8 Å². The van der Waals surface area contributed by atoms with Gasteiger partial charge in [-0.05, 0) is 72.4 Å². The van der Waals surface area contributed by atoms with Crippen LogP contribution in [-0.4, -0.2) is 14.7 Å². The average Bonchev–Trinajstić information content (AvgIpc) is 3.40. The summed E-state index contributed by atoms with van der Waals surface area (Å²) in [6.45, 7) is 0. The third-order valence-corrected chi connectivity index (χ3v) is 6.16. The lowest BCUT2D eigenvalue weighted by atomic mass is 9.98. The molecule has 6 heteroatoms. The SMILES string of the molecule is S=C1N[C@H](c2ccccn2)[C@@H](c2ccn(-c3ccccc3)c2)N1c1ccc(Br)cc1. The van der Waals surface area contributed by atoms with Gasteiger partial charge in [0, 0.05) is 34.4 Å². The van der Waals surface area contributed by atoms with Crippen molar-refractivity contribution < 1.29 is 0 Å². The van der Waals surface area contributed by atoms with E-state index in [4.69, 9.17) is 12.2 Å². The van der Waals surface area contributed by atoms with Crippen molar-refractivity contribution in [3.05, 3.63) is 113 Å². The van der Waals surface area contributed by atoms with Gasteiger partial charge < -0.3 is 14.8 Å². The molecule has 0 unspecified atom stereocenters. The second kappa shape index (κ2) is 8.05. The Kier molecular flexibility index (Phi) is 5.11. The topological polar surface area (TPSA) is 33.1 Å². The Balaban J connectivity index is 1.60. The molecule has 2 aromatic carbocycles. The summed E-state index contributed by atoms with van der Waals surface area (Å²) in [5.41, 5.74) is 4.31. The van der Waals surface area contributed by atoms with Crippen LogP contribution in [0.5, 0.6) is 0 Å². The lowest BCUT2D eigenvalue weighted by Gasteiger charge is -2.27. The van der Waals surface area contributed by atoms with Gasteiger partial charge in [0.2, 0.25) is 0 Å². The van der Waals surface area contributed by atoms with E-state index in [0.717, 1.165) is 21.5 Å². The molecular weight excluding hydrogens is 456 g/mol. The predicted molar refractivity (Wildman–Crippen MR) is 128 cm³/mol. The standard InChI is InChI=1S/C24H19BrN4S/c25-18-9-11-20(12-10-18)29-23(22(27-24(29)30)21-8-4-5-14-26-21)17-13-15-28(16-17)19-6-2-1-3-7-19/h1-16,22-23H,(H,27,30)/t22-,23-/m1/s1. The summed E-state index contributed by atoms with van der Waals surface area (Å²) in [6.07, 6.45) is 6.10. The van der Waals surface area contributed by atoms with E-state index in [9.17, 15) is 0 Å². The van der Waals surface area contributed by atoms with E-state index < -0.39 is 0 Å². The van der Waals surface area contributed by atoms with E-state index in [2.05, 4.69) is 78.4 Å². The lowest BCUT2D eigenvalue weighted by molar-refractivity contribution is 0.568. The molecule has 1 saturated heterocycles. The quantitative estimate of drug-likeness (QED) is 0.378. The Hall–Kier alpha value is -2.96. The molecule has 4 nitrogen and oxygen atoms in total. The summed E-state index contributed by atoms with van der Waals surface area (Å²) < 4.78 is 3.18. The van der Waals surface area contributed by atoms with Gasteiger partial charge in [0.1, 0.15) is 0 Å². The summed E-state index contributed by atoms with van der Waals surface area (Å²) in [6, 6.07) is 26.7. The maximum Gasteiger partial charge on any atom is 0.174 e. The first-order chi connectivity index (χ1) is 14.7. The van der Waals surface area contributed by atoms with Crippen molar-refractivity contribution in [2.45, 2.75) is 12.1 Å². The minimum atomic E-state index is -0.0472. The molecule has 0 radical (unpaired) electrons.